The Bertz CT molecular complexity index is 977. The number of nitrogens with one attached hydrogen (secondary N) is 2. The molecular formula is C20H22N4O2. The van der Waals surface area contributed by atoms with Gasteiger partial charge in [-0.15, -0.1) is 0 Å². The van der Waals surface area contributed by atoms with E-state index in [2.05, 4.69) is 15.3 Å². The number of para-hydroxylation sites is 3. The molecule has 3 rings (SSSR count). The van der Waals surface area contributed by atoms with Gasteiger partial charge < -0.3 is 10.3 Å². The van der Waals surface area contributed by atoms with Crippen molar-refractivity contribution in [1.29, 1.82) is 0 Å². The predicted molar refractivity (Wildman–Crippen MR) is 104 cm³/mol. The van der Waals surface area contributed by atoms with Gasteiger partial charge in [0, 0.05) is 5.56 Å². The molecule has 0 saturated carbocycles. The van der Waals surface area contributed by atoms with E-state index in [0.717, 1.165) is 13.1 Å². The summed E-state index contributed by atoms with van der Waals surface area (Å²) in [5.41, 5.74) is 2.58. The van der Waals surface area contributed by atoms with Gasteiger partial charge in [0.05, 0.1) is 23.3 Å². The molecule has 0 aliphatic heterocycles. The number of carbonyl (C=O) groups excluding carboxylic acids is 1. The first-order valence-electron chi connectivity index (χ1n) is 8.73. The molecule has 1 heterocycles. The van der Waals surface area contributed by atoms with E-state index in [9.17, 15) is 9.59 Å². The predicted octanol–water partition coefficient (Wildman–Crippen LogP) is 2.87. The molecule has 1 aromatic heterocycles. The van der Waals surface area contributed by atoms with Gasteiger partial charge in [0.1, 0.15) is 5.69 Å². The number of H-pyrrole nitrogens is 1. The Morgan fingerprint density at radius 3 is 2.54 bits per heavy atom. The third kappa shape index (κ3) is 3.81. The number of rotatable bonds is 6. The lowest BCUT2D eigenvalue weighted by molar-refractivity contribution is -0.117. The number of likely N-dealkylation sites (N-methyl/N-ethyl adjacent to an activating group) is 1. The van der Waals surface area contributed by atoms with Crippen molar-refractivity contribution in [3.8, 4) is 11.3 Å². The molecular weight excluding hydrogens is 328 g/mol. The van der Waals surface area contributed by atoms with Crippen molar-refractivity contribution in [2.45, 2.75) is 13.8 Å². The van der Waals surface area contributed by atoms with Crippen molar-refractivity contribution in [3.05, 3.63) is 58.9 Å². The molecule has 0 bridgehead atoms. The van der Waals surface area contributed by atoms with Crippen molar-refractivity contribution in [2.24, 2.45) is 0 Å². The van der Waals surface area contributed by atoms with Crippen LogP contribution >= 0.6 is 0 Å². The lowest BCUT2D eigenvalue weighted by Gasteiger charge is -2.18. The average molecular weight is 350 g/mol. The Balaban J connectivity index is 1.96. The SMILES string of the molecule is CCN(CC)CC(=O)Nc1ccccc1-c1nc2ccccc2[nH]c1=O. The van der Waals surface area contributed by atoms with E-state index in [-0.39, 0.29) is 11.5 Å². The number of hydrogen-bond donors (Lipinski definition) is 2. The Labute approximate surface area is 151 Å². The highest BCUT2D eigenvalue weighted by Gasteiger charge is 2.14. The van der Waals surface area contributed by atoms with Gasteiger partial charge in [0.2, 0.25) is 5.91 Å². The van der Waals surface area contributed by atoms with Crippen LogP contribution in [0.2, 0.25) is 0 Å². The van der Waals surface area contributed by atoms with Gasteiger partial charge in [-0.25, -0.2) is 4.98 Å². The fraction of sp³-hybridized carbons (Fsp3) is 0.250. The number of hydrogen-bond acceptors (Lipinski definition) is 4. The summed E-state index contributed by atoms with van der Waals surface area (Å²) in [5.74, 6) is -0.113. The molecule has 2 aromatic carbocycles. The van der Waals surface area contributed by atoms with E-state index in [1.165, 1.54) is 0 Å². The molecule has 3 aromatic rings. The average Bonchev–Trinajstić information content (AvgIpc) is 2.66. The monoisotopic (exact) mass is 350 g/mol. The van der Waals surface area contributed by atoms with Gasteiger partial charge in [0.15, 0.2) is 0 Å². The van der Waals surface area contributed by atoms with E-state index >= 15 is 0 Å². The number of aromatic nitrogens is 2. The smallest absolute Gasteiger partial charge is 0.275 e. The number of anilines is 1. The molecule has 2 N–H and O–H groups in total. The summed E-state index contributed by atoms with van der Waals surface area (Å²) in [5, 5.41) is 2.91. The zero-order chi connectivity index (χ0) is 18.5. The van der Waals surface area contributed by atoms with Gasteiger partial charge in [-0.3, -0.25) is 14.5 Å². The van der Waals surface area contributed by atoms with Crippen LogP contribution in [0.25, 0.3) is 22.3 Å². The summed E-state index contributed by atoms with van der Waals surface area (Å²) in [6, 6.07) is 14.6. The van der Waals surface area contributed by atoms with Crippen LogP contribution < -0.4 is 10.9 Å². The van der Waals surface area contributed by atoms with Crippen LogP contribution in [0.1, 0.15) is 13.8 Å². The molecule has 0 saturated heterocycles. The van der Waals surface area contributed by atoms with Crippen LogP contribution in [0, 0.1) is 0 Å². The lowest BCUT2D eigenvalue weighted by atomic mass is 10.1. The molecule has 134 valence electrons. The highest BCUT2D eigenvalue weighted by atomic mass is 16.2. The van der Waals surface area contributed by atoms with Crippen molar-refractivity contribution in [3.63, 3.8) is 0 Å². The molecule has 0 unspecified atom stereocenters. The highest BCUT2D eigenvalue weighted by molar-refractivity contribution is 5.96. The normalized spacial score (nSPS) is 11.0. The maximum atomic E-state index is 12.5. The van der Waals surface area contributed by atoms with E-state index in [0.29, 0.717) is 34.5 Å². The summed E-state index contributed by atoms with van der Waals surface area (Å²) in [6.07, 6.45) is 0. The number of aromatic amines is 1. The second-order valence-electron chi connectivity index (χ2n) is 5.99. The van der Waals surface area contributed by atoms with Crippen LogP contribution in [-0.4, -0.2) is 40.4 Å². The largest absolute Gasteiger partial charge is 0.324 e. The molecule has 1 amide bonds. The number of carbonyl (C=O) groups is 1. The van der Waals surface area contributed by atoms with Gasteiger partial charge >= 0.3 is 0 Å². The molecule has 0 fully saturated rings. The number of benzene rings is 2. The first-order valence-corrected chi connectivity index (χ1v) is 8.73. The van der Waals surface area contributed by atoms with Crippen LogP contribution in [0.15, 0.2) is 53.3 Å². The first kappa shape index (κ1) is 17.8. The molecule has 0 aliphatic carbocycles. The third-order valence-electron chi connectivity index (χ3n) is 4.32. The topological polar surface area (TPSA) is 78.1 Å². The minimum absolute atomic E-state index is 0.113. The van der Waals surface area contributed by atoms with Gasteiger partial charge in [-0.05, 0) is 31.3 Å². The Hall–Kier alpha value is -2.99. The summed E-state index contributed by atoms with van der Waals surface area (Å²) in [6.45, 7) is 5.95. The van der Waals surface area contributed by atoms with Crippen molar-refractivity contribution in [1.82, 2.24) is 14.9 Å². The van der Waals surface area contributed by atoms with Gasteiger partial charge in [-0.1, -0.05) is 44.2 Å². The molecule has 0 atom stereocenters. The lowest BCUT2D eigenvalue weighted by Crippen LogP contribution is -2.33. The minimum Gasteiger partial charge on any atom is -0.324 e. The van der Waals surface area contributed by atoms with Crippen molar-refractivity contribution in [2.75, 3.05) is 25.0 Å². The molecule has 0 spiro atoms. The fourth-order valence-corrected chi connectivity index (χ4v) is 2.85. The highest BCUT2D eigenvalue weighted by Crippen LogP contribution is 2.24. The van der Waals surface area contributed by atoms with E-state index in [1.54, 1.807) is 12.1 Å². The Kier molecular flexibility index (Phi) is 5.43. The molecule has 0 aliphatic rings. The zero-order valence-electron chi connectivity index (χ0n) is 15.0. The van der Waals surface area contributed by atoms with Gasteiger partial charge in [0.25, 0.3) is 5.56 Å². The zero-order valence-corrected chi connectivity index (χ0v) is 15.0. The van der Waals surface area contributed by atoms with E-state index in [4.69, 9.17) is 0 Å². The first-order chi connectivity index (χ1) is 12.6. The van der Waals surface area contributed by atoms with Crippen LogP contribution in [-0.2, 0) is 4.79 Å². The fourth-order valence-electron chi connectivity index (χ4n) is 2.85. The maximum Gasteiger partial charge on any atom is 0.275 e. The minimum atomic E-state index is -0.283. The summed E-state index contributed by atoms with van der Waals surface area (Å²) in [4.78, 5) is 34.2. The Morgan fingerprint density at radius 2 is 1.77 bits per heavy atom. The molecule has 0 radical (unpaired) electrons. The van der Waals surface area contributed by atoms with Crippen molar-refractivity contribution >= 4 is 22.6 Å². The summed E-state index contributed by atoms with van der Waals surface area (Å²) >= 11 is 0. The number of amides is 1. The molecule has 6 nitrogen and oxygen atoms in total. The maximum absolute atomic E-state index is 12.5. The van der Waals surface area contributed by atoms with Crippen LogP contribution in [0.5, 0.6) is 0 Å². The van der Waals surface area contributed by atoms with E-state index in [1.807, 2.05) is 55.1 Å². The molecule has 26 heavy (non-hydrogen) atoms. The van der Waals surface area contributed by atoms with Crippen LogP contribution in [0.3, 0.4) is 0 Å². The van der Waals surface area contributed by atoms with E-state index < -0.39 is 0 Å². The van der Waals surface area contributed by atoms with Gasteiger partial charge in [-0.2, -0.15) is 0 Å². The second-order valence-corrected chi connectivity index (χ2v) is 5.99. The Morgan fingerprint density at radius 1 is 1.08 bits per heavy atom. The second kappa shape index (κ2) is 7.93. The standard InChI is InChI=1S/C20H22N4O2/c1-3-24(4-2)13-18(25)21-15-10-6-5-9-14(15)19-20(26)23-17-12-8-7-11-16(17)22-19/h5-12H,3-4,13H2,1-2H3,(H,21,25)(H,23,26). The van der Waals surface area contributed by atoms with Crippen LogP contribution in [0.4, 0.5) is 5.69 Å². The molecule has 6 heteroatoms. The number of nitrogens with zero attached hydrogens (tertiary/aromatic N) is 2. The third-order valence-corrected chi connectivity index (χ3v) is 4.32. The number of fused-ring (bicyclic) bond motifs is 1. The summed E-state index contributed by atoms with van der Waals surface area (Å²) in [7, 11) is 0. The quantitative estimate of drug-likeness (QED) is 0.716. The van der Waals surface area contributed by atoms with Crippen molar-refractivity contribution < 1.29 is 4.79 Å². The summed E-state index contributed by atoms with van der Waals surface area (Å²) < 4.78 is 0.